The van der Waals surface area contributed by atoms with E-state index in [-0.39, 0.29) is 10.8 Å². The van der Waals surface area contributed by atoms with Crippen molar-refractivity contribution in [2.45, 2.75) is 122 Å². The van der Waals surface area contributed by atoms with Gasteiger partial charge in [-0.05, 0) is 113 Å². The summed E-state index contributed by atoms with van der Waals surface area (Å²) >= 11 is 0. The third-order valence-corrected chi connectivity index (χ3v) is 10.7. The molecule has 0 N–H and O–H groups in total. The smallest absolute Gasteiger partial charge is 0.0215 e. The van der Waals surface area contributed by atoms with Gasteiger partial charge in [-0.25, -0.2) is 0 Å². The molecule has 0 saturated carbocycles. The molecular formula is C47H58. The summed E-state index contributed by atoms with van der Waals surface area (Å²) in [7, 11) is 0. The normalized spacial score (nSPS) is 13.3. The average molecular weight is 623 g/mol. The summed E-state index contributed by atoms with van der Waals surface area (Å²) < 4.78 is 0. The van der Waals surface area contributed by atoms with Crippen LogP contribution in [-0.4, -0.2) is 0 Å². The van der Waals surface area contributed by atoms with Crippen molar-refractivity contribution in [2.24, 2.45) is 0 Å². The number of hydrogen-bond acceptors (Lipinski definition) is 0. The van der Waals surface area contributed by atoms with E-state index < -0.39 is 0 Å². The van der Waals surface area contributed by atoms with Crippen LogP contribution < -0.4 is 0 Å². The van der Waals surface area contributed by atoms with Gasteiger partial charge in [0.05, 0.1) is 0 Å². The lowest BCUT2D eigenvalue weighted by molar-refractivity contribution is 0.399. The SMILES string of the molecule is C=Cc1ccc(CCCCCCC2(CCCCCCc3ccc(C=C)cc3)c3cc(C)ccc3-c3cc(C(C)(C)C)c(C)cc32)cc1. The molecule has 4 aromatic carbocycles. The van der Waals surface area contributed by atoms with E-state index in [4.69, 9.17) is 0 Å². The van der Waals surface area contributed by atoms with Crippen LogP contribution in [0.25, 0.3) is 23.3 Å². The van der Waals surface area contributed by atoms with Gasteiger partial charge in [0.1, 0.15) is 0 Å². The molecule has 1 aliphatic rings. The Morgan fingerprint density at radius 2 is 1.04 bits per heavy atom. The fraction of sp³-hybridized carbons (Fsp3) is 0.404. The van der Waals surface area contributed by atoms with Crippen LogP contribution in [0.3, 0.4) is 0 Å². The zero-order valence-electron chi connectivity index (χ0n) is 30.1. The maximum atomic E-state index is 3.89. The summed E-state index contributed by atoms with van der Waals surface area (Å²) in [5.41, 5.74) is 16.1. The molecule has 0 fully saturated rings. The third-order valence-electron chi connectivity index (χ3n) is 10.7. The van der Waals surface area contributed by atoms with E-state index in [1.165, 1.54) is 127 Å². The van der Waals surface area contributed by atoms with Crippen molar-refractivity contribution >= 4 is 12.2 Å². The van der Waals surface area contributed by atoms with E-state index in [9.17, 15) is 0 Å². The number of fused-ring (bicyclic) bond motifs is 3. The highest BCUT2D eigenvalue weighted by atomic mass is 14.5. The summed E-state index contributed by atoms with van der Waals surface area (Å²) in [6.07, 6.45) is 18.9. The predicted molar refractivity (Wildman–Crippen MR) is 207 cm³/mol. The first kappa shape index (κ1) is 34.7. The Labute approximate surface area is 287 Å². The second-order valence-corrected chi connectivity index (χ2v) is 15.3. The summed E-state index contributed by atoms with van der Waals surface area (Å²) in [4.78, 5) is 0. The van der Waals surface area contributed by atoms with Crippen LogP contribution >= 0.6 is 0 Å². The Balaban J connectivity index is 1.31. The van der Waals surface area contributed by atoms with Gasteiger partial charge in [0.25, 0.3) is 0 Å². The van der Waals surface area contributed by atoms with Gasteiger partial charge in [-0.2, -0.15) is 0 Å². The van der Waals surface area contributed by atoms with E-state index in [0.29, 0.717) is 0 Å². The minimum atomic E-state index is 0.110. The molecule has 0 bridgehead atoms. The molecular weight excluding hydrogens is 565 g/mol. The highest BCUT2D eigenvalue weighted by Gasteiger charge is 2.43. The second kappa shape index (κ2) is 15.5. The summed E-state index contributed by atoms with van der Waals surface area (Å²) in [5, 5.41) is 0. The molecule has 0 heterocycles. The zero-order valence-corrected chi connectivity index (χ0v) is 30.1. The molecule has 0 spiro atoms. The van der Waals surface area contributed by atoms with Crippen molar-refractivity contribution in [1.82, 2.24) is 0 Å². The van der Waals surface area contributed by atoms with Crippen LogP contribution in [0.1, 0.15) is 135 Å². The van der Waals surface area contributed by atoms with Crippen molar-refractivity contribution in [2.75, 3.05) is 0 Å². The fourth-order valence-electron chi connectivity index (χ4n) is 8.09. The molecule has 4 aromatic rings. The summed E-state index contributed by atoms with van der Waals surface area (Å²) in [5.74, 6) is 0. The van der Waals surface area contributed by atoms with Gasteiger partial charge < -0.3 is 0 Å². The van der Waals surface area contributed by atoms with Crippen LogP contribution in [0.2, 0.25) is 0 Å². The van der Waals surface area contributed by atoms with Crippen LogP contribution in [0.5, 0.6) is 0 Å². The highest BCUT2D eigenvalue weighted by Crippen LogP contribution is 2.55. The van der Waals surface area contributed by atoms with Crippen molar-refractivity contribution in [3.8, 4) is 11.1 Å². The Kier molecular flexibility index (Phi) is 11.4. The maximum absolute atomic E-state index is 3.89. The van der Waals surface area contributed by atoms with E-state index >= 15 is 0 Å². The van der Waals surface area contributed by atoms with Gasteiger partial charge in [0.2, 0.25) is 0 Å². The Bertz CT molecular complexity index is 1580. The van der Waals surface area contributed by atoms with E-state index in [1.54, 1.807) is 11.1 Å². The Hall–Kier alpha value is -3.64. The highest BCUT2D eigenvalue weighted by molar-refractivity contribution is 5.82. The van der Waals surface area contributed by atoms with Gasteiger partial charge >= 0.3 is 0 Å². The number of hydrogen-bond donors (Lipinski definition) is 0. The molecule has 0 heteroatoms. The number of aryl methyl sites for hydroxylation is 4. The summed E-state index contributed by atoms with van der Waals surface area (Å²) in [6.45, 7) is 19.5. The molecule has 5 rings (SSSR count). The molecule has 1 aliphatic carbocycles. The van der Waals surface area contributed by atoms with Crippen molar-refractivity contribution in [1.29, 1.82) is 0 Å². The first-order chi connectivity index (χ1) is 22.6. The fourth-order valence-corrected chi connectivity index (χ4v) is 8.09. The van der Waals surface area contributed by atoms with Crippen LogP contribution in [0.4, 0.5) is 0 Å². The number of unbranched alkanes of at least 4 members (excludes halogenated alkanes) is 6. The molecule has 0 nitrogen and oxygen atoms in total. The third kappa shape index (κ3) is 8.27. The van der Waals surface area contributed by atoms with Gasteiger partial charge in [0, 0.05) is 5.41 Å². The molecule has 0 amide bonds. The van der Waals surface area contributed by atoms with Gasteiger partial charge in [0.15, 0.2) is 0 Å². The number of rotatable bonds is 16. The molecule has 0 atom stereocenters. The maximum Gasteiger partial charge on any atom is 0.0215 e. The molecule has 0 saturated heterocycles. The lowest BCUT2D eigenvalue weighted by Crippen LogP contribution is -2.26. The molecule has 47 heavy (non-hydrogen) atoms. The minimum absolute atomic E-state index is 0.110. The Morgan fingerprint density at radius 1 is 0.553 bits per heavy atom. The van der Waals surface area contributed by atoms with Crippen LogP contribution in [0.15, 0.2) is 92.0 Å². The van der Waals surface area contributed by atoms with Crippen molar-refractivity contribution < 1.29 is 0 Å². The largest absolute Gasteiger partial charge is 0.0985 e. The lowest BCUT2D eigenvalue weighted by atomic mass is 9.69. The van der Waals surface area contributed by atoms with Crippen molar-refractivity contribution in [3.05, 3.63) is 142 Å². The van der Waals surface area contributed by atoms with E-state index in [1.807, 2.05) is 12.2 Å². The monoisotopic (exact) mass is 622 g/mol. The summed E-state index contributed by atoms with van der Waals surface area (Å²) in [6, 6.07) is 30.3. The van der Waals surface area contributed by atoms with Crippen LogP contribution in [-0.2, 0) is 23.7 Å². The Morgan fingerprint density at radius 3 is 1.53 bits per heavy atom. The molecule has 0 unspecified atom stereocenters. The van der Waals surface area contributed by atoms with E-state index in [0.717, 1.165) is 0 Å². The minimum Gasteiger partial charge on any atom is -0.0985 e. The predicted octanol–water partition coefficient (Wildman–Crippen LogP) is 13.5. The molecule has 0 aromatic heterocycles. The standard InChI is InChI=1S/C47H58/c1-8-37-21-25-39(26-22-37)18-14-10-12-16-30-47(31-17-13-11-15-19-40-27-23-38(9-2)24-28-40)44-32-35(3)20-29-41(44)42-34-43(46(5,6)7)36(4)33-45(42)47/h8-9,20-29,32-34H,1-2,10-19,30-31H2,3-7H3. The van der Waals surface area contributed by atoms with Gasteiger partial charge in [-0.3, -0.25) is 0 Å². The van der Waals surface area contributed by atoms with E-state index in [2.05, 4.69) is 127 Å². The molecule has 0 aliphatic heterocycles. The van der Waals surface area contributed by atoms with Gasteiger partial charge in [-0.15, -0.1) is 0 Å². The quantitative estimate of drug-likeness (QED) is 0.109. The topological polar surface area (TPSA) is 0 Å². The number of benzene rings is 4. The molecule has 246 valence electrons. The zero-order chi connectivity index (χ0) is 33.4. The van der Waals surface area contributed by atoms with Gasteiger partial charge in [-0.1, -0.05) is 169 Å². The van der Waals surface area contributed by atoms with Crippen molar-refractivity contribution in [3.63, 3.8) is 0 Å². The first-order valence-corrected chi connectivity index (χ1v) is 18.3. The first-order valence-electron chi connectivity index (χ1n) is 18.3. The average Bonchev–Trinajstić information content (AvgIpc) is 3.31. The van der Waals surface area contributed by atoms with Crippen LogP contribution in [0, 0.1) is 13.8 Å². The molecule has 0 radical (unpaired) electrons. The second-order valence-electron chi connectivity index (χ2n) is 15.3. The lowest BCUT2D eigenvalue weighted by Gasteiger charge is -2.34.